The smallest absolute Gasteiger partial charge is 0.253 e. The first kappa shape index (κ1) is 22.0. The van der Waals surface area contributed by atoms with E-state index in [4.69, 9.17) is 0 Å². The summed E-state index contributed by atoms with van der Waals surface area (Å²) in [5.41, 5.74) is 0.480. The van der Waals surface area contributed by atoms with E-state index in [9.17, 15) is 13.2 Å². The second-order valence-electron chi connectivity index (χ2n) is 7.62. The highest BCUT2D eigenvalue weighted by Gasteiger charge is 2.24. The van der Waals surface area contributed by atoms with Crippen molar-refractivity contribution in [2.75, 3.05) is 64.2 Å². The summed E-state index contributed by atoms with van der Waals surface area (Å²) < 4.78 is 25.5. The van der Waals surface area contributed by atoms with Gasteiger partial charge in [0.2, 0.25) is 10.0 Å². The topological polar surface area (TPSA) is 90.0 Å². The fraction of sp³-hybridized carbons (Fsp3) is 0.450. The molecule has 1 aromatic carbocycles. The SMILES string of the molecule is Cc1nc(N(C)C)cc(N2CCN(C(=O)c3ccc(S(=O)(=O)N(C)C)cc3)CC2)n1. The molecular weight excluding hydrogens is 404 g/mol. The molecule has 0 atom stereocenters. The van der Waals surface area contributed by atoms with Crippen molar-refractivity contribution in [1.29, 1.82) is 0 Å². The number of rotatable bonds is 5. The van der Waals surface area contributed by atoms with Gasteiger partial charge in [-0.3, -0.25) is 4.79 Å². The number of nitrogens with zero attached hydrogens (tertiary/aromatic N) is 6. The van der Waals surface area contributed by atoms with Crippen LogP contribution in [0.4, 0.5) is 11.6 Å². The van der Waals surface area contributed by atoms with Gasteiger partial charge in [0.25, 0.3) is 5.91 Å². The minimum Gasteiger partial charge on any atom is -0.363 e. The van der Waals surface area contributed by atoms with Crippen LogP contribution < -0.4 is 9.80 Å². The lowest BCUT2D eigenvalue weighted by Gasteiger charge is -2.35. The predicted molar refractivity (Wildman–Crippen MR) is 117 cm³/mol. The van der Waals surface area contributed by atoms with E-state index in [2.05, 4.69) is 14.9 Å². The Hall–Kier alpha value is -2.72. The molecule has 0 spiro atoms. The van der Waals surface area contributed by atoms with E-state index in [0.29, 0.717) is 37.6 Å². The summed E-state index contributed by atoms with van der Waals surface area (Å²) in [6.45, 7) is 4.34. The zero-order valence-electron chi connectivity index (χ0n) is 18.0. The molecule has 2 aromatic rings. The minimum absolute atomic E-state index is 0.101. The van der Waals surface area contributed by atoms with Gasteiger partial charge in [0.15, 0.2) is 0 Å². The van der Waals surface area contributed by atoms with E-state index in [-0.39, 0.29) is 10.8 Å². The number of anilines is 2. The highest BCUT2D eigenvalue weighted by atomic mass is 32.2. The van der Waals surface area contributed by atoms with Crippen LogP contribution in [0.15, 0.2) is 35.2 Å². The molecule has 1 aliphatic rings. The lowest BCUT2D eigenvalue weighted by molar-refractivity contribution is 0.0746. The third-order valence-electron chi connectivity index (χ3n) is 5.04. The first-order valence-electron chi connectivity index (χ1n) is 9.69. The van der Waals surface area contributed by atoms with Gasteiger partial charge in [-0.15, -0.1) is 0 Å². The summed E-state index contributed by atoms with van der Waals surface area (Å²) in [6, 6.07) is 8.05. The van der Waals surface area contributed by atoms with Crippen LogP contribution in [0, 0.1) is 6.92 Å². The van der Waals surface area contributed by atoms with E-state index in [1.54, 1.807) is 17.0 Å². The van der Waals surface area contributed by atoms with E-state index < -0.39 is 10.0 Å². The van der Waals surface area contributed by atoms with E-state index >= 15 is 0 Å². The number of carbonyl (C=O) groups excluding carboxylic acids is 1. The summed E-state index contributed by atoms with van der Waals surface area (Å²) >= 11 is 0. The van der Waals surface area contributed by atoms with Crippen LogP contribution in [0.2, 0.25) is 0 Å². The number of piperazine rings is 1. The Kier molecular flexibility index (Phi) is 6.27. The molecule has 162 valence electrons. The van der Waals surface area contributed by atoms with Crippen molar-refractivity contribution in [2.45, 2.75) is 11.8 Å². The van der Waals surface area contributed by atoms with Crippen molar-refractivity contribution in [3.8, 4) is 0 Å². The Bertz CT molecular complexity index is 1010. The zero-order chi connectivity index (χ0) is 22.1. The molecule has 1 fully saturated rings. The minimum atomic E-state index is -3.51. The van der Waals surface area contributed by atoms with Crippen LogP contribution in [0.3, 0.4) is 0 Å². The Morgan fingerprint density at radius 2 is 1.57 bits per heavy atom. The van der Waals surface area contributed by atoms with Crippen molar-refractivity contribution in [3.63, 3.8) is 0 Å². The predicted octanol–water partition coefficient (Wildman–Crippen LogP) is 1.06. The first-order valence-corrected chi connectivity index (χ1v) is 11.1. The van der Waals surface area contributed by atoms with Gasteiger partial charge in [0.1, 0.15) is 17.5 Å². The summed E-state index contributed by atoms with van der Waals surface area (Å²) in [7, 11) is 3.34. The van der Waals surface area contributed by atoms with Gasteiger partial charge in [0.05, 0.1) is 4.90 Å². The number of carbonyl (C=O) groups is 1. The average molecular weight is 433 g/mol. The molecule has 30 heavy (non-hydrogen) atoms. The van der Waals surface area contributed by atoms with Gasteiger partial charge < -0.3 is 14.7 Å². The molecule has 0 unspecified atom stereocenters. The summed E-state index contributed by atoms with van der Waals surface area (Å²) in [5.74, 6) is 2.32. The van der Waals surface area contributed by atoms with Gasteiger partial charge in [0, 0.05) is 66.0 Å². The van der Waals surface area contributed by atoms with Crippen LogP contribution in [-0.2, 0) is 10.0 Å². The molecule has 3 rings (SSSR count). The fourth-order valence-electron chi connectivity index (χ4n) is 3.23. The Balaban J connectivity index is 1.67. The third kappa shape index (κ3) is 4.54. The number of aryl methyl sites for hydroxylation is 1. The first-order chi connectivity index (χ1) is 14.1. The van der Waals surface area contributed by atoms with Crippen LogP contribution in [0.5, 0.6) is 0 Å². The molecule has 0 saturated carbocycles. The van der Waals surface area contributed by atoms with Gasteiger partial charge >= 0.3 is 0 Å². The summed E-state index contributed by atoms with van der Waals surface area (Å²) in [6.07, 6.45) is 0. The molecule has 10 heteroatoms. The van der Waals surface area contributed by atoms with Crippen molar-refractivity contribution in [3.05, 3.63) is 41.7 Å². The van der Waals surface area contributed by atoms with Crippen molar-refractivity contribution < 1.29 is 13.2 Å². The maximum atomic E-state index is 12.9. The van der Waals surface area contributed by atoms with Crippen molar-refractivity contribution >= 4 is 27.6 Å². The number of benzene rings is 1. The number of aromatic nitrogens is 2. The summed E-state index contributed by atoms with van der Waals surface area (Å²) in [5, 5.41) is 0. The molecular formula is C20H28N6O3S. The maximum absolute atomic E-state index is 12.9. The fourth-order valence-corrected chi connectivity index (χ4v) is 4.13. The average Bonchev–Trinajstić information content (AvgIpc) is 2.73. The molecule has 1 aromatic heterocycles. The quantitative estimate of drug-likeness (QED) is 0.698. The highest BCUT2D eigenvalue weighted by Crippen LogP contribution is 2.20. The van der Waals surface area contributed by atoms with Gasteiger partial charge in [-0.25, -0.2) is 22.7 Å². The highest BCUT2D eigenvalue weighted by molar-refractivity contribution is 7.89. The molecule has 1 aliphatic heterocycles. The van der Waals surface area contributed by atoms with E-state index in [0.717, 1.165) is 15.9 Å². The van der Waals surface area contributed by atoms with E-state index in [1.165, 1.54) is 26.2 Å². The Labute approximate surface area is 178 Å². The van der Waals surface area contributed by atoms with Crippen molar-refractivity contribution in [1.82, 2.24) is 19.2 Å². The number of amides is 1. The molecule has 2 heterocycles. The van der Waals surface area contributed by atoms with Gasteiger partial charge in [-0.2, -0.15) is 0 Å². The van der Waals surface area contributed by atoms with Crippen LogP contribution in [0.25, 0.3) is 0 Å². The van der Waals surface area contributed by atoms with Crippen molar-refractivity contribution in [2.24, 2.45) is 0 Å². The largest absolute Gasteiger partial charge is 0.363 e. The van der Waals surface area contributed by atoms with Crippen LogP contribution >= 0.6 is 0 Å². The number of sulfonamides is 1. The number of hydrogen-bond donors (Lipinski definition) is 0. The maximum Gasteiger partial charge on any atom is 0.253 e. The molecule has 0 aliphatic carbocycles. The normalized spacial score (nSPS) is 14.9. The molecule has 1 saturated heterocycles. The second kappa shape index (κ2) is 8.57. The van der Waals surface area contributed by atoms with Gasteiger partial charge in [-0.05, 0) is 31.2 Å². The molecule has 0 radical (unpaired) electrons. The second-order valence-corrected chi connectivity index (χ2v) is 9.77. The van der Waals surface area contributed by atoms with Crippen LogP contribution in [0.1, 0.15) is 16.2 Å². The Morgan fingerprint density at radius 3 is 2.10 bits per heavy atom. The monoisotopic (exact) mass is 432 g/mol. The van der Waals surface area contributed by atoms with Crippen LogP contribution in [-0.4, -0.2) is 87.9 Å². The lowest BCUT2D eigenvalue weighted by Crippen LogP contribution is -2.49. The van der Waals surface area contributed by atoms with Gasteiger partial charge in [-0.1, -0.05) is 0 Å². The summed E-state index contributed by atoms with van der Waals surface area (Å²) in [4.78, 5) is 27.9. The number of hydrogen-bond acceptors (Lipinski definition) is 7. The molecule has 1 amide bonds. The lowest BCUT2D eigenvalue weighted by atomic mass is 10.2. The zero-order valence-corrected chi connectivity index (χ0v) is 18.8. The van der Waals surface area contributed by atoms with E-state index in [1.807, 2.05) is 32.0 Å². The third-order valence-corrected chi connectivity index (χ3v) is 6.87. The standard InChI is InChI=1S/C20H28N6O3S/c1-15-21-18(23(2)3)14-19(22-15)25-10-12-26(13-11-25)20(27)16-6-8-17(9-7-16)30(28,29)24(4)5/h6-9,14H,10-13H2,1-5H3. The molecule has 0 bridgehead atoms. The molecule has 9 nitrogen and oxygen atoms in total. The Morgan fingerprint density at radius 1 is 0.967 bits per heavy atom. The molecule has 0 N–H and O–H groups in total.